The Bertz CT molecular complexity index is 979. The van der Waals surface area contributed by atoms with Gasteiger partial charge in [0, 0.05) is 19.2 Å². The molecule has 1 saturated heterocycles. The van der Waals surface area contributed by atoms with Gasteiger partial charge in [-0.15, -0.1) is 0 Å². The van der Waals surface area contributed by atoms with Crippen LogP contribution in [0.4, 0.5) is 5.69 Å². The van der Waals surface area contributed by atoms with Crippen LogP contribution in [0.1, 0.15) is 30.1 Å². The Labute approximate surface area is 157 Å². The highest BCUT2D eigenvalue weighted by atomic mass is 32.2. The molecule has 1 amide bonds. The number of carbonyl (C=O) groups is 1. The maximum absolute atomic E-state index is 13.1. The van der Waals surface area contributed by atoms with Gasteiger partial charge in [0.2, 0.25) is 9.84 Å². The SMILES string of the molecule is CC1CCN(C(=O)c2ccccc2S(=O)(=O)c2ccccc2[N+](=O)[O-])CC1. The third kappa shape index (κ3) is 3.71. The lowest BCUT2D eigenvalue weighted by atomic mass is 9.98. The Hall–Kier alpha value is -2.74. The largest absolute Gasteiger partial charge is 0.339 e. The molecule has 0 N–H and O–H groups in total. The molecular formula is C19H20N2O5S. The predicted octanol–water partition coefficient (Wildman–Crippen LogP) is 3.30. The highest BCUT2D eigenvalue weighted by molar-refractivity contribution is 7.91. The fraction of sp³-hybridized carbons (Fsp3) is 0.316. The highest BCUT2D eigenvalue weighted by Gasteiger charge is 2.32. The zero-order valence-corrected chi connectivity index (χ0v) is 15.7. The van der Waals surface area contributed by atoms with Crippen molar-refractivity contribution in [3.05, 3.63) is 64.2 Å². The molecule has 0 saturated carbocycles. The minimum atomic E-state index is -4.23. The number of hydrogen-bond donors (Lipinski definition) is 0. The number of nitrogens with zero attached hydrogens (tertiary/aromatic N) is 2. The molecule has 0 spiro atoms. The summed E-state index contributed by atoms with van der Waals surface area (Å²) < 4.78 is 26.3. The van der Waals surface area contributed by atoms with E-state index in [-0.39, 0.29) is 16.4 Å². The van der Waals surface area contributed by atoms with Crippen LogP contribution in [-0.4, -0.2) is 37.2 Å². The molecule has 1 fully saturated rings. The summed E-state index contributed by atoms with van der Waals surface area (Å²) in [6.07, 6.45) is 1.73. The lowest BCUT2D eigenvalue weighted by Crippen LogP contribution is -2.38. The van der Waals surface area contributed by atoms with Crippen molar-refractivity contribution in [2.75, 3.05) is 13.1 Å². The molecule has 0 aliphatic carbocycles. The van der Waals surface area contributed by atoms with Crippen LogP contribution in [-0.2, 0) is 9.84 Å². The van der Waals surface area contributed by atoms with Crippen molar-refractivity contribution in [1.29, 1.82) is 0 Å². The molecule has 0 bridgehead atoms. The first-order valence-electron chi connectivity index (χ1n) is 8.69. The average Bonchev–Trinajstić information content (AvgIpc) is 2.68. The van der Waals surface area contributed by atoms with Crippen LogP contribution in [0.2, 0.25) is 0 Å². The summed E-state index contributed by atoms with van der Waals surface area (Å²) >= 11 is 0. The molecule has 27 heavy (non-hydrogen) atoms. The van der Waals surface area contributed by atoms with Gasteiger partial charge in [0.05, 0.1) is 15.4 Å². The van der Waals surface area contributed by atoms with Gasteiger partial charge in [0.1, 0.15) is 4.90 Å². The monoisotopic (exact) mass is 388 g/mol. The zero-order valence-electron chi connectivity index (χ0n) is 14.9. The molecule has 1 aliphatic rings. The van der Waals surface area contributed by atoms with E-state index in [1.54, 1.807) is 11.0 Å². The minimum absolute atomic E-state index is 0.0465. The van der Waals surface area contributed by atoms with Gasteiger partial charge >= 0.3 is 0 Å². The fourth-order valence-electron chi connectivity index (χ4n) is 3.21. The van der Waals surface area contributed by atoms with Crippen LogP contribution in [0.25, 0.3) is 0 Å². The molecular weight excluding hydrogens is 368 g/mol. The van der Waals surface area contributed by atoms with Crippen LogP contribution in [0.5, 0.6) is 0 Å². The van der Waals surface area contributed by atoms with E-state index in [1.807, 2.05) is 0 Å². The lowest BCUT2D eigenvalue weighted by Gasteiger charge is -2.30. The Morgan fingerprint density at radius 1 is 1.04 bits per heavy atom. The average molecular weight is 388 g/mol. The number of nitro benzene ring substituents is 1. The van der Waals surface area contributed by atoms with Gasteiger partial charge in [0.15, 0.2) is 0 Å². The van der Waals surface area contributed by atoms with E-state index in [2.05, 4.69) is 6.92 Å². The van der Waals surface area contributed by atoms with Crippen molar-refractivity contribution in [2.45, 2.75) is 29.6 Å². The van der Waals surface area contributed by atoms with Gasteiger partial charge in [0.25, 0.3) is 11.6 Å². The minimum Gasteiger partial charge on any atom is -0.339 e. The van der Waals surface area contributed by atoms with E-state index in [4.69, 9.17) is 0 Å². The second-order valence-electron chi connectivity index (χ2n) is 6.70. The van der Waals surface area contributed by atoms with Gasteiger partial charge < -0.3 is 4.90 Å². The van der Waals surface area contributed by atoms with E-state index in [0.717, 1.165) is 18.9 Å². The molecule has 0 radical (unpaired) electrons. The van der Waals surface area contributed by atoms with E-state index in [9.17, 15) is 23.3 Å². The zero-order chi connectivity index (χ0) is 19.6. The van der Waals surface area contributed by atoms with Crippen LogP contribution in [0.15, 0.2) is 58.3 Å². The summed E-state index contributed by atoms with van der Waals surface area (Å²) in [6.45, 7) is 3.26. The Balaban J connectivity index is 2.06. The van der Waals surface area contributed by atoms with Crippen molar-refractivity contribution in [2.24, 2.45) is 5.92 Å². The third-order valence-corrected chi connectivity index (χ3v) is 6.69. The van der Waals surface area contributed by atoms with E-state index in [0.29, 0.717) is 19.0 Å². The summed E-state index contributed by atoms with van der Waals surface area (Å²) in [7, 11) is -4.23. The highest BCUT2D eigenvalue weighted by Crippen LogP contribution is 2.31. The van der Waals surface area contributed by atoms with Gasteiger partial charge in [-0.3, -0.25) is 14.9 Å². The topological polar surface area (TPSA) is 97.6 Å². The summed E-state index contributed by atoms with van der Waals surface area (Å²) in [4.78, 5) is 24.5. The molecule has 3 rings (SSSR count). The summed E-state index contributed by atoms with van der Waals surface area (Å²) in [6, 6.07) is 11.1. The van der Waals surface area contributed by atoms with E-state index < -0.39 is 25.3 Å². The summed E-state index contributed by atoms with van der Waals surface area (Å²) in [5, 5.41) is 11.3. The van der Waals surface area contributed by atoms with Crippen LogP contribution in [0.3, 0.4) is 0 Å². The molecule has 7 nitrogen and oxygen atoms in total. The van der Waals surface area contributed by atoms with Gasteiger partial charge in [-0.25, -0.2) is 8.42 Å². The van der Waals surface area contributed by atoms with Crippen molar-refractivity contribution >= 4 is 21.4 Å². The molecule has 0 atom stereocenters. The number of amides is 1. The first kappa shape index (κ1) is 19.0. The predicted molar refractivity (Wildman–Crippen MR) is 99.3 cm³/mol. The first-order valence-corrected chi connectivity index (χ1v) is 10.2. The number of nitro groups is 1. The maximum atomic E-state index is 13.1. The van der Waals surface area contributed by atoms with Crippen molar-refractivity contribution in [3.63, 3.8) is 0 Å². The van der Waals surface area contributed by atoms with Crippen molar-refractivity contribution < 1.29 is 18.1 Å². The normalized spacial score (nSPS) is 15.5. The molecule has 142 valence electrons. The van der Waals surface area contributed by atoms with Crippen molar-refractivity contribution in [3.8, 4) is 0 Å². The Morgan fingerprint density at radius 2 is 1.59 bits per heavy atom. The van der Waals surface area contributed by atoms with Crippen LogP contribution >= 0.6 is 0 Å². The van der Waals surface area contributed by atoms with E-state index >= 15 is 0 Å². The summed E-state index contributed by atoms with van der Waals surface area (Å²) in [5.41, 5.74) is -0.461. The standard InChI is InChI=1S/C19H20N2O5S/c1-14-10-12-20(13-11-14)19(22)15-6-2-4-8-17(15)27(25,26)18-9-5-3-7-16(18)21(23)24/h2-9,14H,10-13H2,1H3. The Kier molecular flexibility index (Phi) is 5.27. The molecule has 2 aromatic carbocycles. The van der Waals surface area contributed by atoms with Gasteiger partial charge in [-0.05, 0) is 37.0 Å². The second kappa shape index (κ2) is 7.48. The number of carbonyl (C=O) groups excluding carboxylic acids is 1. The van der Waals surface area contributed by atoms with Crippen molar-refractivity contribution in [1.82, 2.24) is 4.90 Å². The summed E-state index contributed by atoms with van der Waals surface area (Å²) in [5.74, 6) is 0.166. The number of para-hydroxylation sites is 1. The fourth-order valence-corrected chi connectivity index (χ4v) is 4.83. The number of benzene rings is 2. The third-order valence-electron chi connectivity index (χ3n) is 4.83. The maximum Gasteiger partial charge on any atom is 0.288 e. The molecule has 1 heterocycles. The smallest absolute Gasteiger partial charge is 0.288 e. The number of rotatable bonds is 4. The first-order chi connectivity index (χ1) is 12.8. The number of piperidine rings is 1. The number of likely N-dealkylation sites (tertiary alicyclic amines) is 1. The lowest BCUT2D eigenvalue weighted by molar-refractivity contribution is -0.387. The van der Waals surface area contributed by atoms with Gasteiger partial charge in [-0.2, -0.15) is 0 Å². The van der Waals surface area contributed by atoms with E-state index in [1.165, 1.54) is 36.4 Å². The van der Waals surface area contributed by atoms with Crippen LogP contribution < -0.4 is 0 Å². The number of sulfone groups is 1. The van der Waals surface area contributed by atoms with Gasteiger partial charge in [-0.1, -0.05) is 31.2 Å². The molecule has 2 aromatic rings. The number of hydrogen-bond acceptors (Lipinski definition) is 5. The quantitative estimate of drug-likeness (QED) is 0.591. The molecule has 0 aromatic heterocycles. The molecule has 8 heteroatoms. The van der Waals surface area contributed by atoms with Crippen LogP contribution in [0, 0.1) is 16.0 Å². The molecule has 1 aliphatic heterocycles. The Morgan fingerprint density at radius 3 is 2.22 bits per heavy atom. The second-order valence-corrected chi connectivity index (χ2v) is 8.59. The molecule has 0 unspecified atom stereocenters.